The number of pyridine rings is 1. The Balaban J connectivity index is 1.28. The van der Waals surface area contributed by atoms with Crippen molar-refractivity contribution >= 4 is 22.4 Å². The Morgan fingerprint density at radius 3 is 2.69 bits per heavy atom. The van der Waals surface area contributed by atoms with Gasteiger partial charge in [-0.25, -0.2) is 0 Å². The lowest BCUT2D eigenvalue weighted by Gasteiger charge is -2.26. The first-order valence-electron chi connectivity index (χ1n) is 11.1. The number of morpholine rings is 1. The van der Waals surface area contributed by atoms with Crippen molar-refractivity contribution < 1.29 is 4.74 Å². The van der Waals surface area contributed by atoms with E-state index in [1.54, 1.807) is 0 Å². The van der Waals surface area contributed by atoms with E-state index in [1.807, 2.05) is 18.5 Å². The van der Waals surface area contributed by atoms with Gasteiger partial charge < -0.3 is 15.4 Å². The van der Waals surface area contributed by atoms with Crippen molar-refractivity contribution in [3.05, 3.63) is 72.6 Å². The lowest BCUT2D eigenvalue weighted by molar-refractivity contribution is 0.0398. The van der Waals surface area contributed by atoms with E-state index in [4.69, 9.17) is 4.74 Å². The van der Waals surface area contributed by atoms with Crippen molar-refractivity contribution in [2.75, 3.05) is 50.0 Å². The van der Waals surface area contributed by atoms with E-state index in [2.05, 4.69) is 79.2 Å². The molecule has 0 radical (unpaired) electrons. The normalized spacial score (nSPS) is 14.5. The largest absolute Gasteiger partial charge is 0.380 e. The zero-order chi connectivity index (χ0) is 21.6. The number of hydrogen-bond donors (Lipinski definition) is 3. The van der Waals surface area contributed by atoms with E-state index in [0.29, 0.717) is 0 Å². The van der Waals surface area contributed by atoms with Gasteiger partial charge in [0.05, 0.1) is 24.4 Å². The second kappa shape index (κ2) is 9.80. The summed E-state index contributed by atoms with van der Waals surface area (Å²) in [5.74, 6) is 0.890. The molecule has 4 aromatic rings. The maximum Gasteiger partial charge on any atom is 0.155 e. The summed E-state index contributed by atoms with van der Waals surface area (Å²) >= 11 is 0. The number of fused-ring (bicyclic) bond motifs is 1. The monoisotopic (exact) mass is 428 g/mol. The lowest BCUT2D eigenvalue weighted by atomic mass is 10.1. The molecule has 0 amide bonds. The Hall–Kier alpha value is -3.42. The van der Waals surface area contributed by atoms with E-state index in [9.17, 15) is 0 Å². The average molecular weight is 429 g/mol. The standard InChI is InChI=1S/C25H28N6O/c1-2-4-19(5-3-1)16-28-22-14-21(17-26-18-22)20-6-7-24-23(15-20)25(30-29-24)27-8-9-31-10-12-32-13-11-31/h1-7,14-15,17-18,28H,8-13,16H2,(H2,27,29,30). The molecule has 164 valence electrons. The minimum Gasteiger partial charge on any atom is -0.380 e. The summed E-state index contributed by atoms with van der Waals surface area (Å²) in [4.78, 5) is 6.86. The first-order chi connectivity index (χ1) is 15.8. The molecule has 5 rings (SSSR count). The van der Waals surface area contributed by atoms with E-state index < -0.39 is 0 Å². The Bertz CT molecular complexity index is 1150. The maximum atomic E-state index is 5.42. The zero-order valence-corrected chi connectivity index (χ0v) is 18.1. The molecule has 0 aliphatic carbocycles. The highest BCUT2D eigenvalue weighted by Crippen LogP contribution is 2.28. The maximum absolute atomic E-state index is 5.42. The molecule has 3 N–H and O–H groups in total. The topological polar surface area (TPSA) is 78.1 Å². The Kier molecular flexibility index (Phi) is 6.28. The molecular weight excluding hydrogens is 400 g/mol. The molecule has 0 spiro atoms. The number of aromatic amines is 1. The van der Waals surface area contributed by atoms with Crippen LogP contribution in [-0.4, -0.2) is 59.5 Å². The first-order valence-corrected chi connectivity index (χ1v) is 11.1. The minimum atomic E-state index is 0.768. The molecule has 0 saturated carbocycles. The number of hydrogen-bond acceptors (Lipinski definition) is 6. The van der Waals surface area contributed by atoms with Gasteiger partial charge in [0.15, 0.2) is 5.82 Å². The quantitative estimate of drug-likeness (QED) is 0.394. The minimum absolute atomic E-state index is 0.768. The van der Waals surface area contributed by atoms with Gasteiger partial charge in [0.1, 0.15) is 0 Å². The van der Waals surface area contributed by atoms with Crippen LogP contribution < -0.4 is 10.6 Å². The smallest absolute Gasteiger partial charge is 0.155 e. The number of nitrogens with one attached hydrogen (secondary N) is 3. The molecule has 1 aliphatic heterocycles. The molecule has 1 aliphatic rings. The summed E-state index contributed by atoms with van der Waals surface area (Å²) in [6.07, 6.45) is 3.77. The average Bonchev–Trinajstić information content (AvgIpc) is 3.26. The summed E-state index contributed by atoms with van der Waals surface area (Å²) in [5.41, 5.74) is 5.46. The summed E-state index contributed by atoms with van der Waals surface area (Å²) in [6.45, 7) is 6.23. The fraction of sp³-hybridized carbons (Fsp3) is 0.280. The molecule has 1 fully saturated rings. The van der Waals surface area contributed by atoms with Crippen molar-refractivity contribution in [2.24, 2.45) is 0 Å². The van der Waals surface area contributed by atoms with Crippen LogP contribution in [-0.2, 0) is 11.3 Å². The van der Waals surface area contributed by atoms with Gasteiger partial charge >= 0.3 is 0 Å². The van der Waals surface area contributed by atoms with Gasteiger partial charge in [-0.1, -0.05) is 36.4 Å². The number of ether oxygens (including phenoxy) is 1. The Morgan fingerprint density at radius 1 is 0.938 bits per heavy atom. The van der Waals surface area contributed by atoms with Gasteiger partial charge in [-0.15, -0.1) is 0 Å². The summed E-state index contributed by atoms with van der Waals surface area (Å²) in [6, 6.07) is 18.9. The molecule has 0 atom stereocenters. The molecule has 0 bridgehead atoms. The van der Waals surface area contributed by atoms with Crippen molar-refractivity contribution in [3.8, 4) is 11.1 Å². The third kappa shape index (κ3) is 4.90. The van der Waals surface area contributed by atoms with E-state index in [-0.39, 0.29) is 0 Å². The van der Waals surface area contributed by atoms with Crippen LogP contribution in [0.3, 0.4) is 0 Å². The number of rotatable bonds is 8. The third-order valence-electron chi connectivity index (χ3n) is 5.80. The molecule has 2 aromatic heterocycles. The van der Waals surface area contributed by atoms with E-state index in [0.717, 1.165) is 79.5 Å². The van der Waals surface area contributed by atoms with Crippen molar-refractivity contribution in [3.63, 3.8) is 0 Å². The van der Waals surface area contributed by atoms with Crippen LogP contribution in [0.15, 0.2) is 67.0 Å². The van der Waals surface area contributed by atoms with Crippen LogP contribution >= 0.6 is 0 Å². The molecule has 2 aromatic carbocycles. The number of aromatic nitrogens is 3. The first kappa shape index (κ1) is 20.5. The van der Waals surface area contributed by atoms with Crippen LogP contribution in [0.1, 0.15) is 5.56 Å². The number of benzene rings is 2. The lowest BCUT2D eigenvalue weighted by Crippen LogP contribution is -2.39. The van der Waals surface area contributed by atoms with Crippen LogP contribution in [0.4, 0.5) is 11.5 Å². The van der Waals surface area contributed by atoms with Gasteiger partial charge in [-0.05, 0) is 29.3 Å². The van der Waals surface area contributed by atoms with Crippen LogP contribution in [0.25, 0.3) is 22.0 Å². The highest BCUT2D eigenvalue weighted by atomic mass is 16.5. The van der Waals surface area contributed by atoms with Gasteiger partial charge in [0.25, 0.3) is 0 Å². The van der Waals surface area contributed by atoms with Gasteiger partial charge in [-0.2, -0.15) is 5.10 Å². The molecule has 7 nitrogen and oxygen atoms in total. The number of nitrogens with zero attached hydrogens (tertiary/aromatic N) is 3. The van der Waals surface area contributed by atoms with Crippen molar-refractivity contribution in [2.45, 2.75) is 6.54 Å². The Morgan fingerprint density at radius 2 is 1.81 bits per heavy atom. The SMILES string of the molecule is c1ccc(CNc2cncc(-c3ccc4[nH]nc(NCCN5CCOCC5)c4c3)c2)cc1. The predicted octanol–water partition coefficient (Wildman–Crippen LogP) is 3.98. The second-order valence-corrected chi connectivity index (χ2v) is 8.01. The fourth-order valence-corrected chi connectivity index (χ4v) is 3.98. The highest BCUT2D eigenvalue weighted by molar-refractivity contribution is 5.93. The van der Waals surface area contributed by atoms with Gasteiger partial charge in [0.2, 0.25) is 0 Å². The number of anilines is 2. The van der Waals surface area contributed by atoms with Gasteiger partial charge in [0, 0.05) is 56.1 Å². The predicted molar refractivity (Wildman–Crippen MR) is 129 cm³/mol. The fourth-order valence-electron chi connectivity index (χ4n) is 3.98. The summed E-state index contributed by atoms with van der Waals surface area (Å²) in [5, 5.41) is 15.7. The second-order valence-electron chi connectivity index (χ2n) is 8.01. The van der Waals surface area contributed by atoms with Crippen LogP contribution in [0.5, 0.6) is 0 Å². The van der Waals surface area contributed by atoms with Crippen LogP contribution in [0, 0.1) is 0 Å². The van der Waals surface area contributed by atoms with Crippen molar-refractivity contribution in [1.82, 2.24) is 20.1 Å². The summed E-state index contributed by atoms with van der Waals surface area (Å²) in [7, 11) is 0. The molecule has 3 heterocycles. The zero-order valence-electron chi connectivity index (χ0n) is 18.1. The van der Waals surface area contributed by atoms with E-state index in [1.165, 1.54) is 5.56 Å². The number of H-pyrrole nitrogens is 1. The molecular formula is C25H28N6O. The van der Waals surface area contributed by atoms with Gasteiger partial charge in [-0.3, -0.25) is 15.0 Å². The molecule has 7 heteroatoms. The molecule has 0 unspecified atom stereocenters. The van der Waals surface area contributed by atoms with Crippen molar-refractivity contribution in [1.29, 1.82) is 0 Å². The molecule has 32 heavy (non-hydrogen) atoms. The highest BCUT2D eigenvalue weighted by Gasteiger charge is 2.11. The van der Waals surface area contributed by atoms with E-state index >= 15 is 0 Å². The molecule has 1 saturated heterocycles. The third-order valence-corrected chi connectivity index (χ3v) is 5.80. The summed E-state index contributed by atoms with van der Waals surface area (Å²) < 4.78 is 5.42. The van der Waals surface area contributed by atoms with Crippen LogP contribution in [0.2, 0.25) is 0 Å². The Labute approximate surface area is 187 Å².